The summed E-state index contributed by atoms with van der Waals surface area (Å²) in [6.07, 6.45) is 1.57. The van der Waals surface area contributed by atoms with Crippen molar-refractivity contribution >= 4 is 28.8 Å². The Hall–Kier alpha value is -1.63. The van der Waals surface area contributed by atoms with Gasteiger partial charge in [0.05, 0.1) is 17.0 Å². The van der Waals surface area contributed by atoms with Gasteiger partial charge in [-0.2, -0.15) is 0 Å². The third-order valence-electron chi connectivity index (χ3n) is 3.86. The number of thiophene rings is 1. The fourth-order valence-electron chi connectivity index (χ4n) is 2.58. The molecule has 0 aromatic carbocycles. The van der Waals surface area contributed by atoms with Gasteiger partial charge in [0.25, 0.3) is 5.91 Å². The van der Waals surface area contributed by atoms with Crippen LogP contribution in [0.1, 0.15) is 15.2 Å². The number of ether oxygens (including phenoxy) is 1. The van der Waals surface area contributed by atoms with Gasteiger partial charge < -0.3 is 9.64 Å². The molecule has 5 nitrogen and oxygen atoms in total. The Morgan fingerprint density at radius 3 is 2.61 bits per heavy atom. The lowest BCUT2D eigenvalue weighted by atomic mass is 10.2. The molecule has 23 heavy (non-hydrogen) atoms. The van der Waals surface area contributed by atoms with Crippen LogP contribution in [0.4, 0.5) is 0 Å². The number of rotatable bonds is 4. The quantitative estimate of drug-likeness (QED) is 0.849. The van der Waals surface area contributed by atoms with E-state index in [1.165, 1.54) is 4.88 Å². The smallest absolute Gasteiger partial charge is 0.255 e. The van der Waals surface area contributed by atoms with Gasteiger partial charge in [-0.15, -0.1) is 11.3 Å². The van der Waals surface area contributed by atoms with Crippen LogP contribution in [0.5, 0.6) is 5.88 Å². The lowest BCUT2D eigenvalue weighted by molar-refractivity contribution is 0.0629. The summed E-state index contributed by atoms with van der Waals surface area (Å²) in [5, 5.41) is 0. The van der Waals surface area contributed by atoms with Gasteiger partial charge >= 0.3 is 0 Å². The van der Waals surface area contributed by atoms with E-state index >= 15 is 0 Å². The molecule has 0 aliphatic carbocycles. The zero-order chi connectivity index (χ0) is 16.2. The molecule has 122 valence electrons. The number of piperazine rings is 1. The number of nitrogens with zero attached hydrogens (tertiary/aromatic N) is 3. The minimum Gasteiger partial charge on any atom is -0.481 e. The fourth-order valence-corrected chi connectivity index (χ4v) is 3.71. The fraction of sp³-hybridized carbons (Fsp3) is 0.375. The number of carbonyl (C=O) groups is 1. The third kappa shape index (κ3) is 4.02. The van der Waals surface area contributed by atoms with E-state index in [4.69, 9.17) is 16.3 Å². The number of hydrogen-bond acceptors (Lipinski definition) is 5. The van der Waals surface area contributed by atoms with E-state index in [9.17, 15) is 4.79 Å². The van der Waals surface area contributed by atoms with E-state index < -0.39 is 0 Å². The summed E-state index contributed by atoms with van der Waals surface area (Å²) in [7, 11) is 1.56. The molecule has 1 amide bonds. The molecule has 1 fully saturated rings. The van der Waals surface area contributed by atoms with E-state index in [1.54, 1.807) is 36.8 Å². The number of halogens is 1. The summed E-state index contributed by atoms with van der Waals surface area (Å²) in [6.45, 7) is 4.08. The van der Waals surface area contributed by atoms with Gasteiger partial charge in [-0.3, -0.25) is 9.69 Å². The molecule has 0 unspecified atom stereocenters. The number of pyridine rings is 1. The summed E-state index contributed by atoms with van der Waals surface area (Å²) in [6, 6.07) is 7.46. The molecule has 1 aliphatic rings. The highest BCUT2D eigenvalue weighted by atomic mass is 35.5. The Morgan fingerprint density at radius 1 is 1.26 bits per heavy atom. The van der Waals surface area contributed by atoms with Crippen molar-refractivity contribution in [2.45, 2.75) is 6.54 Å². The van der Waals surface area contributed by atoms with E-state index in [0.29, 0.717) is 11.4 Å². The lowest BCUT2D eigenvalue weighted by Crippen LogP contribution is -2.48. The average molecular weight is 352 g/mol. The molecule has 3 rings (SSSR count). The van der Waals surface area contributed by atoms with Gasteiger partial charge in [-0.25, -0.2) is 4.98 Å². The number of aromatic nitrogens is 1. The molecule has 0 atom stereocenters. The second kappa shape index (κ2) is 7.29. The molecule has 3 heterocycles. The first-order valence-corrected chi connectivity index (χ1v) is 8.61. The van der Waals surface area contributed by atoms with Crippen molar-refractivity contribution in [3.8, 4) is 5.88 Å². The zero-order valence-corrected chi connectivity index (χ0v) is 14.4. The minimum absolute atomic E-state index is 0.0268. The molecule has 7 heteroatoms. The molecule has 0 radical (unpaired) electrons. The van der Waals surface area contributed by atoms with Crippen molar-refractivity contribution in [3.63, 3.8) is 0 Å². The van der Waals surface area contributed by atoms with E-state index in [0.717, 1.165) is 37.1 Å². The van der Waals surface area contributed by atoms with Crippen LogP contribution in [-0.2, 0) is 6.54 Å². The zero-order valence-electron chi connectivity index (χ0n) is 12.9. The number of carbonyl (C=O) groups excluding carboxylic acids is 1. The maximum Gasteiger partial charge on any atom is 0.255 e. The largest absolute Gasteiger partial charge is 0.481 e. The van der Waals surface area contributed by atoms with Crippen LogP contribution in [0.2, 0.25) is 4.34 Å². The topological polar surface area (TPSA) is 45.7 Å². The minimum atomic E-state index is 0.0268. The molecule has 1 aliphatic heterocycles. The first-order valence-electron chi connectivity index (χ1n) is 7.41. The Morgan fingerprint density at radius 2 is 2.04 bits per heavy atom. The van der Waals surface area contributed by atoms with Crippen molar-refractivity contribution in [2.24, 2.45) is 0 Å². The van der Waals surface area contributed by atoms with E-state index in [2.05, 4.69) is 16.0 Å². The highest BCUT2D eigenvalue weighted by molar-refractivity contribution is 7.16. The molecule has 2 aromatic heterocycles. The molecule has 2 aromatic rings. The van der Waals surface area contributed by atoms with Crippen LogP contribution >= 0.6 is 22.9 Å². The van der Waals surface area contributed by atoms with Crippen LogP contribution in [0.25, 0.3) is 0 Å². The molecular weight excluding hydrogens is 334 g/mol. The Kier molecular flexibility index (Phi) is 5.15. The van der Waals surface area contributed by atoms with Crippen molar-refractivity contribution < 1.29 is 9.53 Å². The van der Waals surface area contributed by atoms with Crippen LogP contribution in [0.15, 0.2) is 30.5 Å². The number of amides is 1. The highest BCUT2D eigenvalue weighted by Gasteiger charge is 2.22. The van der Waals surface area contributed by atoms with E-state index in [-0.39, 0.29) is 5.91 Å². The summed E-state index contributed by atoms with van der Waals surface area (Å²) in [4.78, 5) is 22.1. The Labute approximate surface area is 144 Å². The van der Waals surface area contributed by atoms with Crippen molar-refractivity contribution in [3.05, 3.63) is 45.2 Å². The second-order valence-corrected chi connectivity index (χ2v) is 7.16. The highest BCUT2D eigenvalue weighted by Crippen LogP contribution is 2.23. The monoisotopic (exact) mass is 351 g/mol. The average Bonchev–Trinajstić information content (AvgIpc) is 3.00. The summed E-state index contributed by atoms with van der Waals surface area (Å²) >= 11 is 7.58. The number of hydrogen-bond donors (Lipinski definition) is 0. The van der Waals surface area contributed by atoms with Gasteiger partial charge in [0.2, 0.25) is 5.88 Å². The molecule has 0 spiro atoms. The van der Waals surface area contributed by atoms with Crippen molar-refractivity contribution in [1.29, 1.82) is 0 Å². The standard InChI is InChI=1S/C16H18ClN3O2S/c1-22-15-5-2-12(10-18-15)16(21)20-8-6-19(7-9-20)11-13-3-4-14(17)23-13/h2-5,10H,6-9,11H2,1H3. The van der Waals surface area contributed by atoms with Crippen molar-refractivity contribution in [1.82, 2.24) is 14.8 Å². The molecule has 0 N–H and O–H groups in total. The van der Waals surface area contributed by atoms with Crippen LogP contribution in [-0.4, -0.2) is 54.0 Å². The van der Waals surface area contributed by atoms with Gasteiger partial charge in [-0.05, 0) is 18.2 Å². The predicted octanol–water partition coefficient (Wildman–Crippen LogP) is 2.76. The summed E-state index contributed by atoms with van der Waals surface area (Å²) < 4.78 is 5.84. The van der Waals surface area contributed by atoms with Gasteiger partial charge in [-0.1, -0.05) is 11.6 Å². The Bertz CT molecular complexity index is 666. The third-order valence-corrected chi connectivity index (χ3v) is 5.08. The molecule has 0 saturated carbocycles. The SMILES string of the molecule is COc1ccc(C(=O)N2CCN(Cc3ccc(Cl)s3)CC2)cn1. The molecule has 1 saturated heterocycles. The Balaban J connectivity index is 1.54. The van der Waals surface area contributed by atoms with Gasteiger partial charge in [0.15, 0.2) is 0 Å². The predicted molar refractivity (Wildman–Crippen MR) is 91.3 cm³/mol. The van der Waals surface area contributed by atoms with Gasteiger partial charge in [0, 0.05) is 49.9 Å². The van der Waals surface area contributed by atoms with Crippen molar-refractivity contribution in [2.75, 3.05) is 33.3 Å². The van der Waals surface area contributed by atoms with Crippen LogP contribution in [0, 0.1) is 0 Å². The molecule has 0 bridgehead atoms. The van der Waals surface area contributed by atoms with Gasteiger partial charge in [0.1, 0.15) is 0 Å². The number of methoxy groups -OCH3 is 1. The first kappa shape index (κ1) is 16.2. The lowest BCUT2D eigenvalue weighted by Gasteiger charge is -2.34. The first-order chi connectivity index (χ1) is 11.2. The normalized spacial score (nSPS) is 15.7. The van der Waals surface area contributed by atoms with Crippen LogP contribution < -0.4 is 4.74 Å². The maximum atomic E-state index is 12.5. The second-order valence-electron chi connectivity index (χ2n) is 5.36. The molecular formula is C16H18ClN3O2S. The summed E-state index contributed by atoms with van der Waals surface area (Å²) in [5.74, 6) is 0.542. The van der Waals surface area contributed by atoms with E-state index in [1.807, 2.05) is 11.0 Å². The van der Waals surface area contributed by atoms with Crippen LogP contribution in [0.3, 0.4) is 0 Å². The maximum absolute atomic E-state index is 12.5. The summed E-state index contributed by atoms with van der Waals surface area (Å²) in [5.41, 5.74) is 0.601.